The molecule has 0 saturated carbocycles. The molecule has 0 radical (unpaired) electrons. The Morgan fingerprint density at radius 3 is 2.44 bits per heavy atom. The molecule has 1 fully saturated rings. The molecular weight excluding hydrogens is 344 g/mol. The highest BCUT2D eigenvalue weighted by molar-refractivity contribution is 5.82. The van der Waals surface area contributed by atoms with Crippen LogP contribution in [-0.4, -0.2) is 38.4 Å². The van der Waals surface area contributed by atoms with Gasteiger partial charge < -0.3 is 25.3 Å². The molecule has 0 aromatic heterocycles. The summed E-state index contributed by atoms with van der Waals surface area (Å²) in [4.78, 5) is 12.6. The molecule has 1 aromatic rings. The number of ether oxygens (including phenoxy) is 3. The van der Waals surface area contributed by atoms with Crippen LogP contribution in [0.2, 0.25) is 0 Å². The first kappa shape index (κ1) is 21.5. The summed E-state index contributed by atoms with van der Waals surface area (Å²) in [6.45, 7) is 8.73. The van der Waals surface area contributed by atoms with Gasteiger partial charge in [-0.2, -0.15) is 0 Å². The topological polar surface area (TPSA) is 82.8 Å². The molecule has 2 rings (SSSR count). The summed E-state index contributed by atoms with van der Waals surface area (Å²) in [6.07, 6.45) is 3.53. The van der Waals surface area contributed by atoms with Crippen molar-refractivity contribution < 1.29 is 19.0 Å². The second-order valence-corrected chi connectivity index (χ2v) is 7.11. The lowest BCUT2D eigenvalue weighted by atomic mass is 9.91. The Bertz CT molecular complexity index is 588. The molecule has 1 aliphatic rings. The number of nitrogens with one attached hydrogen (secondary N) is 1. The fourth-order valence-corrected chi connectivity index (χ4v) is 3.13. The number of carbonyl (C=O) groups is 1. The second kappa shape index (κ2) is 11.1. The maximum absolute atomic E-state index is 12.6. The van der Waals surface area contributed by atoms with Crippen molar-refractivity contribution in [1.29, 1.82) is 0 Å². The van der Waals surface area contributed by atoms with Gasteiger partial charge in [-0.05, 0) is 56.2 Å². The lowest BCUT2D eigenvalue weighted by Gasteiger charge is -2.28. The Morgan fingerprint density at radius 2 is 1.81 bits per heavy atom. The first-order valence-electron chi connectivity index (χ1n) is 10.1. The predicted molar refractivity (Wildman–Crippen MR) is 106 cm³/mol. The van der Waals surface area contributed by atoms with Crippen molar-refractivity contribution in [2.45, 2.75) is 58.5 Å². The molecule has 0 bridgehead atoms. The van der Waals surface area contributed by atoms with Gasteiger partial charge in [-0.15, -0.1) is 0 Å². The molecule has 1 amide bonds. The van der Waals surface area contributed by atoms with Gasteiger partial charge in [-0.3, -0.25) is 4.79 Å². The Balaban J connectivity index is 2.03. The van der Waals surface area contributed by atoms with Crippen LogP contribution in [-0.2, 0) is 9.53 Å². The zero-order chi connectivity index (χ0) is 19.6. The minimum absolute atomic E-state index is 0.114. The number of nitrogens with two attached hydrogens (primary N) is 1. The lowest BCUT2D eigenvalue weighted by molar-refractivity contribution is -0.125. The van der Waals surface area contributed by atoms with E-state index in [-0.39, 0.29) is 17.9 Å². The maximum atomic E-state index is 12.6. The SMILES string of the molecule is CCCOc1ccc(C(C)NC(=O)C(N)C2CCOCC2)cc1OCCC. The molecule has 1 aliphatic heterocycles. The Kier molecular flexibility index (Phi) is 8.88. The molecule has 152 valence electrons. The Hall–Kier alpha value is -1.79. The van der Waals surface area contributed by atoms with Crippen LogP contribution >= 0.6 is 0 Å². The molecule has 27 heavy (non-hydrogen) atoms. The number of hydrogen-bond acceptors (Lipinski definition) is 5. The van der Waals surface area contributed by atoms with Gasteiger partial charge >= 0.3 is 0 Å². The van der Waals surface area contributed by atoms with Gasteiger partial charge in [0.05, 0.1) is 25.3 Å². The third-order valence-electron chi connectivity index (χ3n) is 4.83. The zero-order valence-electron chi connectivity index (χ0n) is 16.8. The van der Waals surface area contributed by atoms with Crippen molar-refractivity contribution in [3.05, 3.63) is 23.8 Å². The quantitative estimate of drug-likeness (QED) is 0.653. The number of rotatable bonds is 10. The highest BCUT2D eigenvalue weighted by atomic mass is 16.5. The average Bonchev–Trinajstić information content (AvgIpc) is 2.70. The summed E-state index contributed by atoms with van der Waals surface area (Å²) in [5.41, 5.74) is 7.15. The summed E-state index contributed by atoms with van der Waals surface area (Å²) in [5.74, 6) is 1.53. The van der Waals surface area contributed by atoms with E-state index in [0.29, 0.717) is 26.4 Å². The first-order valence-corrected chi connectivity index (χ1v) is 10.1. The lowest BCUT2D eigenvalue weighted by Crippen LogP contribution is -2.47. The van der Waals surface area contributed by atoms with E-state index in [1.54, 1.807) is 0 Å². The van der Waals surface area contributed by atoms with Gasteiger partial charge in [0.25, 0.3) is 0 Å². The van der Waals surface area contributed by atoms with Crippen molar-refractivity contribution in [2.24, 2.45) is 11.7 Å². The summed E-state index contributed by atoms with van der Waals surface area (Å²) >= 11 is 0. The first-order chi connectivity index (χ1) is 13.1. The Labute approximate surface area is 162 Å². The van der Waals surface area contributed by atoms with Gasteiger partial charge in [0.15, 0.2) is 11.5 Å². The van der Waals surface area contributed by atoms with Crippen molar-refractivity contribution >= 4 is 5.91 Å². The van der Waals surface area contributed by atoms with E-state index in [1.807, 2.05) is 25.1 Å². The summed E-state index contributed by atoms with van der Waals surface area (Å²) in [7, 11) is 0. The molecule has 1 heterocycles. The highest BCUT2D eigenvalue weighted by Gasteiger charge is 2.27. The van der Waals surface area contributed by atoms with Gasteiger partial charge in [0.1, 0.15) is 0 Å². The minimum Gasteiger partial charge on any atom is -0.490 e. The summed E-state index contributed by atoms with van der Waals surface area (Å²) in [6, 6.07) is 5.17. The van der Waals surface area contributed by atoms with Crippen molar-refractivity contribution in [3.63, 3.8) is 0 Å². The molecule has 2 atom stereocenters. The smallest absolute Gasteiger partial charge is 0.237 e. The second-order valence-electron chi connectivity index (χ2n) is 7.11. The number of benzene rings is 1. The van der Waals surface area contributed by atoms with Gasteiger partial charge in [0, 0.05) is 13.2 Å². The molecule has 6 nitrogen and oxygen atoms in total. The molecular formula is C21H34N2O4. The van der Waals surface area contributed by atoms with Crippen LogP contribution in [0.15, 0.2) is 18.2 Å². The molecule has 0 spiro atoms. The zero-order valence-corrected chi connectivity index (χ0v) is 16.8. The molecule has 1 aromatic carbocycles. The molecule has 2 unspecified atom stereocenters. The highest BCUT2D eigenvalue weighted by Crippen LogP contribution is 2.31. The molecule has 6 heteroatoms. The van der Waals surface area contributed by atoms with E-state index in [9.17, 15) is 4.79 Å². The number of hydrogen-bond donors (Lipinski definition) is 2. The fourth-order valence-electron chi connectivity index (χ4n) is 3.13. The van der Waals surface area contributed by atoms with Crippen LogP contribution in [0.3, 0.4) is 0 Å². The van der Waals surface area contributed by atoms with Crippen LogP contribution in [0.1, 0.15) is 58.1 Å². The third kappa shape index (κ3) is 6.40. The van der Waals surface area contributed by atoms with Gasteiger partial charge in [0.2, 0.25) is 5.91 Å². The normalized spacial score (nSPS) is 17.2. The minimum atomic E-state index is -0.501. The number of carbonyl (C=O) groups excluding carboxylic acids is 1. The van der Waals surface area contributed by atoms with Crippen molar-refractivity contribution in [1.82, 2.24) is 5.32 Å². The molecule has 1 saturated heterocycles. The van der Waals surface area contributed by atoms with Crippen LogP contribution in [0.5, 0.6) is 11.5 Å². The molecule has 3 N–H and O–H groups in total. The fraction of sp³-hybridized carbons (Fsp3) is 0.667. The predicted octanol–water partition coefficient (Wildman–Crippen LogP) is 3.20. The standard InChI is InChI=1S/C21H34N2O4/c1-4-10-26-18-7-6-17(14-19(18)27-11-5-2)15(3)23-21(24)20(22)16-8-12-25-13-9-16/h6-7,14-16,20H,4-5,8-13,22H2,1-3H3,(H,23,24). The maximum Gasteiger partial charge on any atom is 0.237 e. The summed E-state index contributed by atoms with van der Waals surface area (Å²) in [5, 5.41) is 3.04. The monoisotopic (exact) mass is 378 g/mol. The van der Waals surface area contributed by atoms with E-state index in [0.717, 1.165) is 42.7 Å². The van der Waals surface area contributed by atoms with Crippen molar-refractivity contribution in [3.8, 4) is 11.5 Å². The molecule has 0 aliphatic carbocycles. The Morgan fingerprint density at radius 1 is 1.19 bits per heavy atom. The van der Waals surface area contributed by atoms with E-state index in [4.69, 9.17) is 19.9 Å². The van der Waals surface area contributed by atoms with Crippen LogP contribution < -0.4 is 20.5 Å². The van der Waals surface area contributed by atoms with E-state index < -0.39 is 6.04 Å². The summed E-state index contributed by atoms with van der Waals surface area (Å²) < 4.78 is 17.0. The number of amides is 1. The van der Waals surface area contributed by atoms with Crippen molar-refractivity contribution in [2.75, 3.05) is 26.4 Å². The van der Waals surface area contributed by atoms with Gasteiger partial charge in [-0.1, -0.05) is 19.9 Å². The van der Waals surface area contributed by atoms with Crippen LogP contribution in [0.25, 0.3) is 0 Å². The third-order valence-corrected chi connectivity index (χ3v) is 4.83. The van der Waals surface area contributed by atoms with E-state index in [2.05, 4.69) is 19.2 Å². The van der Waals surface area contributed by atoms with Gasteiger partial charge in [-0.25, -0.2) is 0 Å². The largest absolute Gasteiger partial charge is 0.490 e. The van der Waals surface area contributed by atoms with E-state index >= 15 is 0 Å². The van der Waals surface area contributed by atoms with Crippen LogP contribution in [0.4, 0.5) is 0 Å². The van der Waals surface area contributed by atoms with E-state index in [1.165, 1.54) is 0 Å². The van der Waals surface area contributed by atoms with Crippen LogP contribution in [0, 0.1) is 5.92 Å². The average molecular weight is 379 g/mol.